The summed E-state index contributed by atoms with van der Waals surface area (Å²) >= 11 is 0. The van der Waals surface area contributed by atoms with Crippen LogP contribution in [0, 0.1) is 46.8 Å². The molecule has 2 heteroatoms. The molecular formula is C22H34O2. The first kappa shape index (κ1) is 16.9. The van der Waals surface area contributed by atoms with Crippen LogP contribution in [0.2, 0.25) is 0 Å². The van der Waals surface area contributed by atoms with E-state index in [2.05, 4.69) is 26.7 Å². The highest BCUT2D eigenvalue weighted by Gasteiger charge is 2.63. The van der Waals surface area contributed by atoms with Crippen LogP contribution in [0.1, 0.15) is 78.6 Å². The predicted octanol–water partition coefficient (Wildman–Crippen LogP) is 4.14. The lowest BCUT2D eigenvalue weighted by Gasteiger charge is -2.62. The molecule has 8 atom stereocenters. The van der Waals surface area contributed by atoms with Gasteiger partial charge in [-0.25, -0.2) is 0 Å². The normalized spacial score (nSPS) is 59.8. The second-order valence-electron chi connectivity index (χ2n) is 10.3. The number of fused-ring (bicyclic) bond motifs is 5. The second-order valence-corrected chi connectivity index (χ2v) is 10.3. The van der Waals surface area contributed by atoms with Crippen molar-refractivity contribution in [3.63, 3.8) is 0 Å². The van der Waals surface area contributed by atoms with E-state index in [1.165, 1.54) is 25.7 Å². The van der Waals surface area contributed by atoms with E-state index in [-0.39, 0.29) is 5.41 Å². The summed E-state index contributed by atoms with van der Waals surface area (Å²) in [5.74, 6) is 5.44. The van der Waals surface area contributed by atoms with Gasteiger partial charge in [0.05, 0.1) is 5.60 Å². The SMILES string of the molecule is C#C[C@]1(O)CC[C@]2(C)[C@@H](CC[C@H]3[C@H]4CC[C@@](C)(O)[C@]4(C)CC[C@@H]32)C1. The van der Waals surface area contributed by atoms with Crippen LogP contribution in [0.15, 0.2) is 0 Å². The molecule has 134 valence electrons. The summed E-state index contributed by atoms with van der Waals surface area (Å²) in [7, 11) is 0. The molecule has 0 aromatic heterocycles. The standard InChI is InChI=1S/C22H34O2/c1-5-22(24)13-12-19(2)15(14-22)6-7-16-17(19)8-10-20(3)18(16)9-11-21(20,4)23/h1,15-18,23-24H,6-14H2,2-4H3/t15-,16+,17-,18+,19+,20+,21+,22-/m0/s1. The van der Waals surface area contributed by atoms with Crippen molar-refractivity contribution in [1.29, 1.82) is 0 Å². The van der Waals surface area contributed by atoms with Gasteiger partial charge in [-0.2, -0.15) is 0 Å². The van der Waals surface area contributed by atoms with E-state index in [0.717, 1.165) is 43.9 Å². The van der Waals surface area contributed by atoms with Crippen LogP contribution in [0.3, 0.4) is 0 Å². The quantitative estimate of drug-likeness (QED) is 0.655. The summed E-state index contributed by atoms with van der Waals surface area (Å²) in [6.45, 7) is 6.92. The molecule has 0 radical (unpaired) electrons. The van der Waals surface area contributed by atoms with Gasteiger partial charge in [0.15, 0.2) is 0 Å². The molecule has 4 rings (SSSR count). The minimum absolute atomic E-state index is 0.103. The number of rotatable bonds is 0. The summed E-state index contributed by atoms with van der Waals surface area (Å²) in [4.78, 5) is 0. The summed E-state index contributed by atoms with van der Waals surface area (Å²) in [5, 5.41) is 21.6. The molecule has 2 N–H and O–H groups in total. The zero-order valence-electron chi connectivity index (χ0n) is 15.6. The van der Waals surface area contributed by atoms with E-state index in [0.29, 0.717) is 17.3 Å². The molecule has 0 amide bonds. The number of hydrogen-bond donors (Lipinski definition) is 2. The van der Waals surface area contributed by atoms with Crippen molar-refractivity contribution in [1.82, 2.24) is 0 Å². The molecule has 4 fully saturated rings. The average molecular weight is 331 g/mol. The smallest absolute Gasteiger partial charge is 0.125 e. The van der Waals surface area contributed by atoms with E-state index in [9.17, 15) is 10.2 Å². The Bertz CT molecular complexity index is 575. The van der Waals surface area contributed by atoms with Gasteiger partial charge in [0, 0.05) is 0 Å². The number of terminal acetylenes is 1. The largest absolute Gasteiger partial charge is 0.390 e. The number of hydrogen-bond acceptors (Lipinski definition) is 2. The van der Waals surface area contributed by atoms with Gasteiger partial charge in [0.1, 0.15) is 5.60 Å². The topological polar surface area (TPSA) is 40.5 Å². The van der Waals surface area contributed by atoms with Crippen molar-refractivity contribution in [2.75, 3.05) is 0 Å². The van der Waals surface area contributed by atoms with Crippen molar-refractivity contribution >= 4 is 0 Å². The molecule has 0 unspecified atom stereocenters. The average Bonchev–Trinajstić information content (AvgIpc) is 2.78. The lowest BCUT2D eigenvalue weighted by molar-refractivity contribution is -0.159. The van der Waals surface area contributed by atoms with Crippen molar-refractivity contribution in [2.24, 2.45) is 34.5 Å². The Morgan fingerprint density at radius 3 is 2.29 bits per heavy atom. The summed E-state index contributed by atoms with van der Waals surface area (Å²) in [5.41, 5.74) is -0.915. The highest BCUT2D eigenvalue weighted by molar-refractivity contribution is 5.17. The van der Waals surface area contributed by atoms with E-state index >= 15 is 0 Å². The Kier molecular flexibility index (Phi) is 3.54. The maximum absolute atomic E-state index is 11.0. The molecular weight excluding hydrogens is 296 g/mol. The van der Waals surface area contributed by atoms with Crippen LogP contribution in [0.4, 0.5) is 0 Å². The Balaban J connectivity index is 1.62. The molecule has 2 nitrogen and oxygen atoms in total. The van der Waals surface area contributed by atoms with Crippen LogP contribution in [0.5, 0.6) is 0 Å². The monoisotopic (exact) mass is 330 g/mol. The van der Waals surface area contributed by atoms with E-state index < -0.39 is 11.2 Å². The molecule has 4 aliphatic carbocycles. The molecule has 0 aliphatic heterocycles. The molecule has 4 aliphatic rings. The molecule has 0 saturated heterocycles. The van der Waals surface area contributed by atoms with Gasteiger partial charge in [-0.3, -0.25) is 0 Å². The highest BCUT2D eigenvalue weighted by atomic mass is 16.3. The third-order valence-electron chi connectivity index (χ3n) is 9.56. The van der Waals surface area contributed by atoms with Crippen LogP contribution >= 0.6 is 0 Å². The van der Waals surface area contributed by atoms with Gasteiger partial charge in [-0.05, 0) is 99.2 Å². The second kappa shape index (κ2) is 5.01. The first-order chi connectivity index (χ1) is 11.2. The summed E-state index contributed by atoms with van der Waals surface area (Å²) < 4.78 is 0. The molecule has 4 saturated carbocycles. The van der Waals surface area contributed by atoms with Gasteiger partial charge in [-0.1, -0.05) is 19.8 Å². The predicted molar refractivity (Wildman–Crippen MR) is 96.1 cm³/mol. The van der Waals surface area contributed by atoms with Crippen molar-refractivity contribution in [3.8, 4) is 12.3 Å². The van der Waals surface area contributed by atoms with Crippen LogP contribution in [-0.4, -0.2) is 21.4 Å². The summed E-state index contributed by atoms with van der Waals surface area (Å²) in [6.07, 6.45) is 15.3. The third kappa shape index (κ3) is 2.04. The Hall–Kier alpha value is -0.520. The molecule has 0 spiro atoms. The van der Waals surface area contributed by atoms with Crippen molar-refractivity contribution in [2.45, 2.75) is 89.8 Å². The van der Waals surface area contributed by atoms with E-state index in [4.69, 9.17) is 6.42 Å². The van der Waals surface area contributed by atoms with Gasteiger partial charge in [0.2, 0.25) is 0 Å². The maximum atomic E-state index is 11.0. The number of aliphatic hydroxyl groups is 2. The molecule has 0 aromatic rings. The Labute approximate surface area is 147 Å². The first-order valence-electron chi connectivity index (χ1n) is 10.1. The van der Waals surface area contributed by atoms with Gasteiger partial charge < -0.3 is 10.2 Å². The fraction of sp³-hybridized carbons (Fsp3) is 0.909. The molecule has 0 heterocycles. The lowest BCUT2D eigenvalue weighted by atomic mass is 9.43. The van der Waals surface area contributed by atoms with Crippen LogP contribution in [-0.2, 0) is 0 Å². The zero-order chi connectivity index (χ0) is 17.4. The highest BCUT2D eigenvalue weighted by Crippen LogP contribution is 2.68. The molecule has 0 bridgehead atoms. The zero-order valence-corrected chi connectivity index (χ0v) is 15.6. The van der Waals surface area contributed by atoms with E-state index in [1.807, 2.05) is 0 Å². The third-order valence-corrected chi connectivity index (χ3v) is 9.56. The Morgan fingerprint density at radius 1 is 0.875 bits per heavy atom. The van der Waals surface area contributed by atoms with Gasteiger partial charge in [-0.15, -0.1) is 6.42 Å². The maximum Gasteiger partial charge on any atom is 0.125 e. The summed E-state index contributed by atoms with van der Waals surface area (Å²) in [6, 6.07) is 0. The van der Waals surface area contributed by atoms with Gasteiger partial charge in [0.25, 0.3) is 0 Å². The molecule has 24 heavy (non-hydrogen) atoms. The van der Waals surface area contributed by atoms with Crippen LogP contribution < -0.4 is 0 Å². The minimum atomic E-state index is -0.864. The van der Waals surface area contributed by atoms with E-state index in [1.54, 1.807) is 0 Å². The minimum Gasteiger partial charge on any atom is -0.390 e. The fourth-order valence-electron chi connectivity index (χ4n) is 7.62. The van der Waals surface area contributed by atoms with Crippen molar-refractivity contribution < 1.29 is 10.2 Å². The fourth-order valence-corrected chi connectivity index (χ4v) is 7.62. The first-order valence-corrected chi connectivity index (χ1v) is 10.1. The van der Waals surface area contributed by atoms with Gasteiger partial charge >= 0.3 is 0 Å². The lowest BCUT2D eigenvalue weighted by Crippen LogP contribution is -2.57. The van der Waals surface area contributed by atoms with Crippen LogP contribution in [0.25, 0.3) is 0 Å². The molecule has 0 aromatic carbocycles. The Morgan fingerprint density at radius 2 is 1.58 bits per heavy atom. The van der Waals surface area contributed by atoms with Crippen molar-refractivity contribution in [3.05, 3.63) is 0 Å².